The Balaban J connectivity index is 1.36. The molecule has 164 valence electrons. The summed E-state index contributed by atoms with van der Waals surface area (Å²) < 4.78 is 0. The van der Waals surface area contributed by atoms with Crippen LogP contribution in [0.1, 0.15) is 24.8 Å². The highest BCUT2D eigenvalue weighted by molar-refractivity contribution is 6.12. The molecule has 0 fully saturated rings. The Morgan fingerprint density at radius 1 is 0.970 bits per heavy atom. The lowest BCUT2D eigenvalue weighted by Crippen LogP contribution is -2.30. The number of rotatable bonds is 7. The molecule has 1 aliphatic heterocycles. The van der Waals surface area contributed by atoms with Crippen LogP contribution in [-0.2, 0) is 14.4 Å². The van der Waals surface area contributed by atoms with Crippen LogP contribution in [0.15, 0.2) is 77.9 Å². The summed E-state index contributed by atoms with van der Waals surface area (Å²) in [5.74, 6) is -3.08. The van der Waals surface area contributed by atoms with Gasteiger partial charge < -0.3 is 5.32 Å². The first-order valence-electron chi connectivity index (χ1n) is 10.7. The van der Waals surface area contributed by atoms with E-state index in [0.29, 0.717) is 18.7 Å². The summed E-state index contributed by atoms with van der Waals surface area (Å²) in [6.07, 6.45) is 0.328. The molecule has 1 heterocycles. The molecule has 7 nitrogen and oxygen atoms in total. The van der Waals surface area contributed by atoms with Gasteiger partial charge in [-0.1, -0.05) is 66.7 Å². The molecule has 3 aromatic carbocycles. The van der Waals surface area contributed by atoms with Crippen molar-refractivity contribution in [1.82, 2.24) is 5.01 Å². The number of carbonyl (C=O) groups excluding carboxylic acids is 3. The molecular weight excluding hydrogens is 416 g/mol. The summed E-state index contributed by atoms with van der Waals surface area (Å²) in [5, 5.41) is 19.6. The topological polar surface area (TPSA) is 103 Å². The first-order valence-corrected chi connectivity index (χ1v) is 10.7. The maximum atomic E-state index is 12.7. The van der Waals surface area contributed by atoms with Gasteiger partial charge in [0.2, 0.25) is 11.8 Å². The van der Waals surface area contributed by atoms with E-state index < -0.39 is 17.6 Å². The molecule has 4 rings (SSSR count). The molecule has 0 aliphatic carbocycles. The summed E-state index contributed by atoms with van der Waals surface area (Å²) in [7, 11) is 0. The molecule has 0 spiro atoms. The summed E-state index contributed by atoms with van der Waals surface area (Å²) in [5.41, 5.74) is 2.31. The Morgan fingerprint density at radius 3 is 2.48 bits per heavy atom. The highest BCUT2D eigenvalue weighted by Crippen LogP contribution is 2.24. The van der Waals surface area contributed by atoms with E-state index in [9.17, 15) is 19.6 Å². The molecule has 1 aliphatic rings. The number of hydrogen-bond acceptors (Lipinski definition) is 5. The number of anilines is 1. The second kappa shape index (κ2) is 9.88. The van der Waals surface area contributed by atoms with Crippen molar-refractivity contribution in [3.05, 3.63) is 78.4 Å². The Hall–Kier alpha value is -4.31. The number of fused-ring (bicyclic) bond motifs is 1. The SMILES string of the molecule is N#CC(C(=O)CCC(=O)N1CCC(c2ccccc2)=N1)C(=O)Nc1cccc2ccccc12. The summed E-state index contributed by atoms with van der Waals surface area (Å²) in [4.78, 5) is 37.8. The van der Waals surface area contributed by atoms with Gasteiger partial charge in [-0.25, -0.2) is 5.01 Å². The fourth-order valence-corrected chi connectivity index (χ4v) is 3.79. The molecular formula is C26H22N4O3. The van der Waals surface area contributed by atoms with Gasteiger partial charge in [0.25, 0.3) is 0 Å². The van der Waals surface area contributed by atoms with Crippen LogP contribution in [0.5, 0.6) is 0 Å². The van der Waals surface area contributed by atoms with E-state index in [2.05, 4.69) is 10.4 Å². The van der Waals surface area contributed by atoms with Crippen molar-refractivity contribution in [2.45, 2.75) is 19.3 Å². The Bertz CT molecular complexity index is 1270. The molecule has 0 aromatic heterocycles. The Labute approximate surface area is 191 Å². The average Bonchev–Trinajstić information content (AvgIpc) is 3.34. The van der Waals surface area contributed by atoms with Gasteiger partial charge in [-0.2, -0.15) is 10.4 Å². The standard InChI is InChI=1S/C26H22N4O3/c27-17-21(26(33)28-23-12-6-10-18-7-4-5-11-20(18)23)24(31)13-14-25(32)30-16-15-22(29-30)19-8-2-1-3-9-19/h1-12,21H,13-16H2,(H,28,33). The minimum absolute atomic E-state index is 0.107. The Kier molecular flexibility index (Phi) is 6.56. The minimum atomic E-state index is -1.49. The highest BCUT2D eigenvalue weighted by atomic mass is 16.2. The van der Waals surface area contributed by atoms with Crippen LogP contribution in [0.4, 0.5) is 5.69 Å². The van der Waals surface area contributed by atoms with Crippen molar-refractivity contribution in [3.63, 3.8) is 0 Å². The van der Waals surface area contributed by atoms with Crippen molar-refractivity contribution in [2.24, 2.45) is 11.0 Å². The normalized spacial score (nSPS) is 13.8. The van der Waals surface area contributed by atoms with Crippen molar-refractivity contribution in [1.29, 1.82) is 5.26 Å². The van der Waals surface area contributed by atoms with Gasteiger partial charge >= 0.3 is 0 Å². The Morgan fingerprint density at radius 2 is 1.70 bits per heavy atom. The van der Waals surface area contributed by atoms with Gasteiger partial charge in [-0.05, 0) is 17.0 Å². The number of carbonyl (C=O) groups is 3. The van der Waals surface area contributed by atoms with Crippen LogP contribution in [-0.4, -0.2) is 34.9 Å². The second-order valence-corrected chi connectivity index (χ2v) is 7.72. The predicted molar refractivity (Wildman–Crippen MR) is 125 cm³/mol. The van der Waals surface area contributed by atoms with Crippen LogP contribution >= 0.6 is 0 Å². The number of nitriles is 1. The molecule has 7 heteroatoms. The van der Waals surface area contributed by atoms with Gasteiger partial charge in [-0.3, -0.25) is 14.4 Å². The number of hydrazone groups is 1. The van der Waals surface area contributed by atoms with E-state index >= 15 is 0 Å². The molecule has 1 unspecified atom stereocenters. The van der Waals surface area contributed by atoms with Crippen molar-refractivity contribution >= 4 is 39.8 Å². The third-order valence-corrected chi connectivity index (χ3v) is 5.54. The lowest BCUT2D eigenvalue weighted by atomic mass is 10.00. The molecule has 0 bridgehead atoms. The van der Waals surface area contributed by atoms with Crippen LogP contribution < -0.4 is 5.32 Å². The van der Waals surface area contributed by atoms with E-state index in [1.165, 1.54) is 5.01 Å². The predicted octanol–water partition coefficient (Wildman–Crippen LogP) is 3.90. The highest BCUT2D eigenvalue weighted by Gasteiger charge is 2.28. The van der Waals surface area contributed by atoms with E-state index in [0.717, 1.165) is 22.0 Å². The van der Waals surface area contributed by atoms with Crippen LogP contribution in [0.2, 0.25) is 0 Å². The van der Waals surface area contributed by atoms with Gasteiger partial charge in [-0.15, -0.1) is 0 Å². The van der Waals surface area contributed by atoms with Crippen LogP contribution in [0, 0.1) is 17.2 Å². The summed E-state index contributed by atoms with van der Waals surface area (Å²) >= 11 is 0. The maximum Gasteiger partial charge on any atom is 0.249 e. The fourth-order valence-electron chi connectivity index (χ4n) is 3.79. The van der Waals surface area contributed by atoms with E-state index in [-0.39, 0.29) is 18.7 Å². The quantitative estimate of drug-likeness (QED) is 0.565. The largest absolute Gasteiger partial charge is 0.324 e. The van der Waals surface area contributed by atoms with E-state index in [1.54, 1.807) is 18.2 Å². The minimum Gasteiger partial charge on any atom is -0.324 e. The van der Waals surface area contributed by atoms with Gasteiger partial charge in [0.15, 0.2) is 11.7 Å². The monoisotopic (exact) mass is 438 g/mol. The number of nitrogens with zero attached hydrogens (tertiary/aromatic N) is 3. The van der Waals surface area contributed by atoms with Gasteiger partial charge in [0.1, 0.15) is 0 Å². The number of Topliss-reactive ketones (excluding diaryl/α,β-unsaturated/α-hetero) is 1. The van der Waals surface area contributed by atoms with Gasteiger partial charge in [0, 0.05) is 30.3 Å². The number of hydrogen-bond donors (Lipinski definition) is 1. The smallest absolute Gasteiger partial charge is 0.249 e. The molecule has 3 aromatic rings. The molecule has 0 saturated carbocycles. The summed E-state index contributed by atoms with van der Waals surface area (Å²) in [6.45, 7) is 0.445. The first-order chi connectivity index (χ1) is 16.1. The molecule has 1 atom stereocenters. The second-order valence-electron chi connectivity index (χ2n) is 7.72. The zero-order chi connectivity index (χ0) is 23.2. The molecule has 0 saturated heterocycles. The number of ketones is 1. The van der Waals surface area contributed by atoms with E-state index in [4.69, 9.17) is 0 Å². The molecule has 1 N–H and O–H groups in total. The van der Waals surface area contributed by atoms with Gasteiger partial charge in [0.05, 0.1) is 18.3 Å². The molecule has 33 heavy (non-hydrogen) atoms. The number of benzene rings is 3. The summed E-state index contributed by atoms with van der Waals surface area (Å²) in [6, 6.07) is 24.3. The van der Waals surface area contributed by atoms with Crippen molar-refractivity contribution < 1.29 is 14.4 Å². The number of nitrogens with one attached hydrogen (secondary N) is 1. The fraction of sp³-hybridized carbons (Fsp3) is 0.192. The van der Waals surface area contributed by atoms with E-state index in [1.807, 2.05) is 60.7 Å². The van der Waals surface area contributed by atoms with Crippen LogP contribution in [0.25, 0.3) is 10.8 Å². The zero-order valence-electron chi connectivity index (χ0n) is 17.9. The zero-order valence-corrected chi connectivity index (χ0v) is 17.9. The van der Waals surface area contributed by atoms with Crippen LogP contribution in [0.3, 0.4) is 0 Å². The number of amides is 2. The molecule has 2 amide bonds. The molecule has 0 radical (unpaired) electrons. The maximum absolute atomic E-state index is 12.7. The third kappa shape index (κ3) is 4.96. The first kappa shape index (κ1) is 21.9. The lowest BCUT2D eigenvalue weighted by molar-refractivity contribution is -0.135. The van der Waals surface area contributed by atoms with Crippen molar-refractivity contribution in [2.75, 3.05) is 11.9 Å². The third-order valence-electron chi connectivity index (χ3n) is 5.54. The lowest BCUT2D eigenvalue weighted by Gasteiger charge is -2.13. The average molecular weight is 438 g/mol. The van der Waals surface area contributed by atoms with Crippen molar-refractivity contribution in [3.8, 4) is 6.07 Å².